The van der Waals surface area contributed by atoms with E-state index in [1.54, 1.807) is 30.9 Å². The summed E-state index contributed by atoms with van der Waals surface area (Å²) in [6.45, 7) is 3.80. The van der Waals surface area contributed by atoms with Crippen LogP contribution in [0.15, 0.2) is 77.4 Å². The fourth-order valence-corrected chi connectivity index (χ4v) is 4.74. The van der Waals surface area contributed by atoms with Gasteiger partial charge in [-0.2, -0.15) is 0 Å². The first kappa shape index (κ1) is 20.2. The van der Waals surface area contributed by atoms with E-state index in [9.17, 15) is 14.7 Å². The molecule has 4 aromatic rings. The minimum atomic E-state index is -1.92. The summed E-state index contributed by atoms with van der Waals surface area (Å²) in [6, 6.07) is 21.1. The molecule has 1 amide bonds. The van der Waals surface area contributed by atoms with E-state index in [0.717, 1.165) is 16.3 Å². The number of hydrogen-bond acceptors (Lipinski definition) is 4. The number of para-hydroxylation sites is 1. The number of nitrogens with zero attached hydrogens (tertiary/aromatic N) is 1. The highest BCUT2D eigenvalue weighted by atomic mass is 16.3. The molecule has 0 aliphatic carbocycles. The standard InChI is InChI=1S/C27H23NO4/c1-17-16-32-18(2)25(17)24(29)14-27(31)22-12-5-6-13-23(22)28(26(27)30)15-20-10-7-9-19-8-3-4-11-21(19)20/h3-13,16,31H,14-15H2,1-2H3. The van der Waals surface area contributed by atoms with Crippen LogP contribution in [0.2, 0.25) is 0 Å². The summed E-state index contributed by atoms with van der Waals surface area (Å²) in [4.78, 5) is 28.3. The number of aliphatic hydroxyl groups is 1. The van der Waals surface area contributed by atoms with Gasteiger partial charge in [-0.15, -0.1) is 0 Å². The van der Waals surface area contributed by atoms with Crippen molar-refractivity contribution < 1.29 is 19.1 Å². The molecule has 1 unspecified atom stereocenters. The Morgan fingerprint density at radius 2 is 1.72 bits per heavy atom. The molecule has 1 aliphatic rings. The number of aryl methyl sites for hydroxylation is 2. The van der Waals surface area contributed by atoms with E-state index in [-0.39, 0.29) is 12.2 Å². The third-order valence-electron chi connectivity index (χ3n) is 6.30. The van der Waals surface area contributed by atoms with E-state index in [2.05, 4.69) is 0 Å². The largest absolute Gasteiger partial charge is 0.469 e. The van der Waals surface area contributed by atoms with Crippen molar-refractivity contribution in [1.82, 2.24) is 0 Å². The summed E-state index contributed by atoms with van der Waals surface area (Å²) >= 11 is 0. The second-order valence-electron chi connectivity index (χ2n) is 8.36. The molecule has 5 heteroatoms. The normalized spacial score (nSPS) is 17.7. The smallest absolute Gasteiger partial charge is 0.264 e. The Hall–Kier alpha value is -3.70. The number of hydrogen-bond donors (Lipinski definition) is 1. The van der Waals surface area contributed by atoms with Crippen LogP contribution in [-0.4, -0.2) is 16.8 Å². The fraction of sp³-hybridized carbons (Fsp3) is 0.185. The summed E-state index contributed by atoms with van der Waals surface area (Å²) in [5.41, 5.74) is 1.26. The zero-order valence-corrected chi connectivity index (χ0v) is 18.0. The van der Waals surface area contributed by atoms with Crippen molar-refractivity contribution in [3.05, 3.63) is 101 Å². The molecule has 1 aromatic heterocycles. The molecule has 1 N–H and O–H groups in total. The van der Waals surface area contributed by atoms with Gasteiger partial charge in [0.05, 0.1) is 30.5 Å². The second kappa shape index (κ2) is 7.46. The molecule has 1 atom stereocenters. The third-order valence-corrected chi connectivity index (χ3v) is 6.30. The van der Waals surface area contributed by atoms with Gasteiger partial charge in [0.15, 0.2) is 11.4 Å². The van der Waals surface area contributed by atoms with Crippen LogP contribution in [0.25, 0.3) is 10.8 Å². The van der Waals surface area contributed by atoms with E-state index >= 15 is 0 Å². The Bertz CT molecular complexity index is 1340. The van der Waals surface area contributed by atoms with Crippen LogP contribution < -0.4 is 4.90 Å². The average molecular weight is 425 g/mol. The molecule has 0 radical (unpaired) electrons. The molecule has 3 aromatic carbocycles. The molecule has 32 heavy (non-hydrogen) atoms. The lowest BCUT2D eigenvalue weighted by molar-refractivity contribution is -0.136. The first-order valence-corrected chi connectivity index (χ1v) is 10.6. The van der Waals surface area contributed by atoms with Gasteiger partial charge in [0, 0.05) is 5.56 Å². The molecular formula is C27H23NO4. The molecule has 2 heterocycles. The topological polar surface area (TPSA) is 70.7 Å². The first-order chi connectivity index (χ1) is 15.4. The number of carbonyl (C=O) groups is 2. The van der Waals surface area contributed by atoms with Crippen molar-refractivity contribution in [2.45, 2.75) is 32.4 Å². The second-order valence-corrected chi connectivity index (χ2v) is 8.36. The van der Waals surface area contributed by atoms with Crippen LogP contribution in [0.4, 0.5) is 5.69 Å². The number of anilines is 1. The Labute approximate surface area is 185 Å². The van der Waals surface area contributed by atoms with Gasteiger partial charge in [-0.3, -0.25) is 9.59 Å². The number of carbonyl (C=O) groups excluding carboxylic acids is 2. The van der Waals surface area contributed by atoms with Crippen molar-refractivity contribution in [2.24, 2.45) is 0 Å². The van der Waals surface area contributed by atoms with Gasteiger partial charge in [-0.25, -0.2) is 0 Å². The Kier molecular flexibility index (Phi) is 4.72. The zero-order valence-electron chi connectivity index (χ0n) is 18.0. The Morgan fingerprint density at radius 3 is 2.50 bits per heavy atom. The van der Waals surface area contributed by atoms with Crippen LogP contribution in [0, 0.1) is 13.8 Å². The highest BCUT2D eigenvalue weighted by molar-refractivity contribution is 6.11. The number of Topliss-reactive ketones (excluding diaryl/α,β-unsaturated/α-hetero) is 1. The highest BCUT2D eigenvalue weighted by Crippen LogP contribution is 2.44. The van der Waals surface area contributed by atoms with Crippen molar-refractivity contribution in [1.29, 1.82) is 0 Å². The SMILES string of the molecule is Cc1coc(C)c1C(=O)CC1(O)C(=O)N(Cc2cccc3ccccc23)c2ccccc21. The predicted molar refractivity (Wildman–Crippen MR) is 123 cm³/mol. The zero-order chi connectivity index (χ0) is 22.5. The minimum Gasteiger partial charge on any atom is -0.469 e. The summed E-state index contributed by atoms with van der Waals surface area (Å²) in [7, 11) is 0. The molecular weight excluding hydrogens is 402 g/mol. The van der Waals surface area contributed by atoms with E-state index in [1.807, 2.05) is 54.6 Å². The molecule has 5 nitrogen and oxygen atoms in total. The lowest BCUT2D eigenvalue weighted by atomic mass is 9.87. The van der Waals surface area contributed by atoms with E-state index in [1.165, 1.54) is 6.26 Å². The van der Waals surface area contributed by atoms with Crippen LogP contribution in [-0.2, 0) is 16.9 Å². The molecule has 5 rings (SSSR count). The quantitative estimate of drug-likeness (QED) is 0.454. The third kappa shape index (κ3) is 3.05. The highest BCUT2D eigenvalue weighted by Gasteiger charge is 2.51. The Morgan fingerprint density at radius 1 is 1.00 bits per heavy atom. The summed E-state index contributed by atoms with van der Waals surface area (Å²) in [6.07, 6.45) is 1.18. The number of benzene rings is 3. The molecule has 0 saturated carbocycles. The summed E-state index contributed by atoms with van der Waals surface area (Å²) in [5, 5.41) is 13.7. The molecule has 0 fully saturated rings. The molecule has 160 valence electrons. The summed E-state index contributed by atoms with van der Waals surface area (Å²) in [5.74, 6) is -0.312. The minimum absolute atomic E-state index is 0.303. The molecule has 0 saturated heterocycles. The van der Waals surface area contributed by atoms with Gasteiger partial charge in [-0.05, 0) is 41.8 Å². The van der Waals surface area contributed by atoms with Gasteiger partial charge >= 0.3 is 0 Å². The number of amides is 1. The van der Waals surface area contributed by atoms with Crippen LogP contribution in [0.1, 0.15) is 39.2 Å². The van der Waals surface area contributed by atoms with Crippen LogP contribution in [0.5, 0.6) is 0 Å². The maximum absolute atomic E-state index is 13.6. The monoisotopic (exact) mass is 425 g/mol. The maximum Gasteiger partial charge on any atom is 0.264 e. The van der Waals surface area contributed by atoms with Crippen LogP contribution in [0.3, 0.4) is 0 Å². The van der Waals surface area contributed by atoms with Crippen molar-refractivity contribution in [3.63, 3.8) is 0 Å². The van der Waals surface area contributed by atoms with Crippen molar-refractivity contribution >= 4 is 28.2 Å². The van der Waals surface area contributed by atoms with E-state index in [4.69, 9.17) is 4.42 Å². The fourth-order valence-electron chi connectivity index (χ4n) is 4.74. The number of furan rings is 1. The van der Waals surface area contributed by atoms with Gasteiger partial charge in [0.25, 0.3) is 5.91 Å². The van der Waals surface area contributed by atoms with Gasteiger partial charge in [0.1, 0.15) is 5.76 Å². The Balaban J connectivity index is 1.54. The molecule has 0 bridgehead atoms. The maximum atomic E-state index is 13.6. The molecule has 0 spiro atoms. The predicted octanol–water partition coefficient (Wildman–Crippen LogP) is 5.06. The first-order valence-electron chi connectivity index (χ1n) is 10.6. The van der Waals surface area contributed by atoms with E-state index < -0.39 is 11.5 Å². The van der Waals surface area contributed by atoms with Crippen LogP contribution >= 0.6 is 0 Å². The lowest BCUT2D eigenvalue weighted by Crippen LogP contribution is -2.41. The van der Waals surface area contributed by atoms with Gasteiger partial charge < -0.3 is 14.4 Å². The van der Waals surface area contributed by atoms with Crippen molar-refractivity contribution in [3.8, 4) is 0 Å². The van der Waals surface area contributed by atoms with Crippen molar-refractivity contribution in [2.75, 3.05) is 4.90 Å². The van der Waals surface area contributed by atoms with Gasteiger partial charge in [0.2, 0.25) is 0 Å². The number of ketones is 1. The number of rotatable bonds is 5. The molecule has 1 aliphatic heterocycles. The average Bonchev–Trinajstić information content (AvgIpc) is 3.23. The summed E-state index contributed by atoms with van der Waals surface area (Å²) < 4.78 is 5.35. The lowest BCUT2D eigenvalue weighted by Gasteiger charge is -2.23. The van der Waals surface area contributed by atoms with E-state index in [0.29, 0.717) is 34.7 Å². The number of fused-ring (bicyclic) bond motifs is 2. The van der Waals surface area contributed by atoms with Gasteiger partial charge in [-0.1, -0.05) is 60.7 Å².